The molecule has 16 heavy (non-hydrogen) atoms. The van der Waals surface area contributed by atoms with Crippen LogP contribution in [-0.2, 0) is 0 Å². The fourth-order valence-electron chi connectivity index (χ4n) is 2.68. The van der Waals surface area contributed by atoms with Gasteiger partial charge in [-0.1, -0.05) is 59.3 Å². The highest BCUT2D eigenvalue weighted by atomic mass is 14.9. The molecule has 0 aromatic carbocycles. The third-order valence-corrected chi connectivity index (χ3v) is 4.04. The van der Waals surface area contributed by atoms with E-state index in [2.05, 4.69) is 26.1 Å². The molecule has 2 unspecified atom stereocenters. The Morgan fingerprint density at radius 1 is 1.00 bits per heavy atom. The minimum absolute atomic E-state index is 0.658. The highest BCUT2D eigenvalue weighted by Crippen LogP contribution is 2.37. The van der Waals surface area contributed by atoms with Crippen LogP contribution >= 0.6 is 0 Å². The van der Waals surface area contributed by atoms with Gasteiger partial charge in [0.15, 0.2) is 0 Å². The van der Waals surface area contributed by atoms with Crippen LogP contribution in [0, 0.1) is 11.8 Å². The summed E-state index contributed by atoms with van der Waals surface area (Å²) in [5.74, 6) is 2.04. The van der Waals surface area contributed by atoms with Crippen molar-refractivity contribution in [1.82, 2.24) is 5.32 Å². The van der Waals surface area contributed by atoms with E-state index in [1.165, 1.54) is 57.9 Å². The number of rotatable bonds is 9. The number of hydrogen-bond acceptors (Lipinski definition) is 1. The van der Waals surface area contributed by atoms with Crippen LogP contribution in [0.15, 0.2) is 0 Å². The minimum atomic E-state index is 0.658. The Morgan fingerprint density at radius 2 is 1.69 bits per heavy atom. The summed E-state index contributed by atoms with van der Waals surface area (Å²) in [6.07, 6.45) is 11.7. The SMILES string of the molecule is CCCCCCCC1CCC1CNC(C)C. The third kappa shape index (κ3) is 5.34. The Balaban J connectivity index is 1.96. The Hall–Kier alpha value is -0.0400. The fraction of sp³-hybridized carbons (Fsp3) is 1.00. The van der Waals surface area contributed by atoms with Gasteiger partial charge >= 0.3 is 0 Å². The van der Waals surface area contributed by atoms with Crippen molar-refractivity contribution >= 4 is 0 Å². The lowest BCUT2D eigenvalue weighted by molar-refractivity contribution is 0.153. The summed E-state index contributed by atoms with van der Waals surface area (Å²) in [5, 5.41) is 3.59. The first kappa shape index (κ1) is 14.0. The van der Waals surface area contributed by atoms with Crippen LogP contribution in [0.2, 0.25) is 0 Å². The van der Waals surface area contributed by atoms with Crippen molar-refractivity contribution in [3.8, 4) is 0 Å². The van der Waals surface area contributed by atoms with E-state index < -0.39 is 0 Å². The van der Waals surface area contributed by atoms with E-state index in [-0.39, 0.29) is 0 Å². The zero-order chi connectivity index (χ0) is 11.8. The largest absolute Gasteiger partial charge is 0.314 e. The summed E-state index contributed by atoms with van der Waals surface area (Å²) in [7, 11) is 0. The van der Waals surface area contributed by atoms with Gasteiger partial charge in [0.2, 0.25) is 0 Å². The van der Waals surface area contributed by atoms with Gasteiger partial charge in [-0.15, -0.1) is 0 Å². The number of nitrogens with one attached hydrogen (secondary N) is 1. The van der Waals surface area contributed by atoms with Crippen LogP contribution in [0.3, 0.4) is 0 Å². The summed E-state index contributed by atoms with van der Waals surface area (Å²) in [6, 6.07) is 0.658. The average molecular weight is 225 g/mol. The van der Waals surface area contributed by atoms with Gasteiger partial charge in [-0.2, -0.15) is 0 Å². The molecule has 2 atom stereocenters. The van der Waals surface area contributed by atoms with Gasteiger partial charge in [-0.3, -0.25) is 0 Å². The second-order valence-electron chi connectivity index (χ2n) is 5.86. The summed E-state index contributed by atoms with van der Waals surface area (Å²) < 4.78 is 0. The summed E-state index contributed by atoms with van der Waals surface area (Å²) in [6.45, 7) is 8.05. The zero-order valence-electron chi connectivity index (χ0n) is 11.6. The Kier molecular flexibility index (Phi) is 7.11. The molecule has 0 heterocycles. The topological polar surface area (TPSA) is 12.0 Å². The highest BCUT2D eigenvalue weighted by molar-refractivity contribution is 4.82. The summed E-state index contributed by atoms with van der Waals surface area (Å²) in [5.41, 5.74) is 0. The third-order valence-electron chi connectivity index (χ3n) is 4.04. The van der Waals surface area contributed by atoms with Gasteiger partial charge in [0.25, 0.3) is 0 Å². The molecule has 0 aromatic heterocycles. The van der Waals surface area contributed by atoms with Crippen LogP contribution in [0.25, 0.3) is 0 Å². The lowest BCUT2D eigenvalue weighted by atomic mass is 9.71. The van der Waals surface area contributed by atoms with Gasteiger partial charge in [0.05, 0.1) is 0 Å². The standard InChI is InChI=1S/C15H31N/c1-4-5-6-7-8-9-14-10-11-15(14)12-16-13(2)3/h13-16H,4-12H2,1-3H3. The van der Waals surface area contributed by atoms with Crippen LogP contribution in [0.4, 0.5) is 0 Å². The monoisotopic (exact) mass is 225 g/mol. The van der Waals surface area contributed by atoms with Gasteiger partial charge in [0, 0.05) is 6.04 Å². The molecular weight excluding hydrogens is 194 g/mol. The van der Waals surface area contributed by atoms with Crippen molar-refractivity contribution in [2.75, 3.05) is 6.54 Å². The lowest BCUT2D eigenvalue weighted by Crippen LogP contribution is -2.37. The molecular formula is C15H31N. The van der Waals surface area contributed by atoms with Gasteiger partial charge in [0.1, 0.15) is 0 Å². The predicted octanol–water partition coefficient (Wildman–Crippen LogP) is 4.37. The quantitative estimate of drug-likeness (QED) is 0.575. The molecule has 1 nitrogen and oxygen atoms in total. The van der Waals surface area contributed by atoms with E-state index >= 15 is 0 Å². The first-order valence-electron chi connectivity index (χ1n) is 7.47. The second-order valence-corrected chi connectivity index (χ2v) is 5.86. The first-order valence-corrected chi connectivity index (χ1v) is 7.47. The van der Waals surface area contributed by atoms with Crippen LogP contribution in [0.5, 0.6) is 0 Å². The Labute approximate surface area is 102 Å². The van der Waals surface area contributed by atoms with E-state index in [4.69, 9.17) is 0 Å². The normalized spacial score (nSPS) is 24.8. The molecule has 1 N–H and O–H groups in total. The van der Waals surface area contributed by atoms with Crippen LogP contribution in [-0.4, -0.2) is 12.6 Å². The van der Waals surface area contributed by atoms with E-state index in [1.807, 2.05) is 0 Å². The van der Waals surface area contributed by atoms with E-state index in [0.717, 1.165) is 11.8 Å². The van der Waals surface area contributed by atoms with Crippen molar-refractivity contribution in [1.29, 1.82) is 0 Å². The van der Waals surface area contributed by atoms with Crippen molar-refractivity contribution in [2.45, 2.75) is 78.2 Å². The molecule has 0 amide bonds. The molecule has 96 valence electrons. The lowest BCUT2D eigenvalue weighted by Gasteiger charge is -2.37. The summed E-state index contributed by atoms with van der Waals surface area (Å²) in [4.78, 5) is 0. The molecule has 1 saturated carbocycles. The molecule has 0 spiro atoms. The maximum absolute atomic E-state index is 3.59. The molecule has 1 aliphatic carbocycles. The Morgan fingerprint density at radius 3 is 2.25 bits per heavy atom. The highest BCUT2D eigenvalue weighted by Gasteiger charge is 2.29. The van der Waals surface area contributed by atoms with E-state index in [9.17, 15) is 0 Å². The van der Waals surface area contributed by atoms with Gasteiger partial charge in [-0.25, -0.2) is 0 Å². The molecule has 0 radical (unpaired) electrons. The van der Waals surface area contributed by atoms with E-state index in [0.29, 0.717) is 6.04 Å². The number of hydrogen-bond donors (Lipinski definition) is 1. The van der Waals surface area contributed by atoms with Crippen molar-refractivity contribution in [3.63, 3.8) is 0 Å². The van der Waals surface area contributed by atoms with Crippen molar-refractivity contribution < 1.29 is 0 Å². The van der Waals surface area contributed by atoms with Crippen LogP contribution in [0.1, 0.15) is 72.1 Å². The predicted molar refractivity (Wildman–Crippen MR) is 72.7 cm³/mol. The molecule has 0 saturated heterocycles. The fourth-order valence-corrected chi connectivity index (χ4v) is 2.68. The molecule has 1 rings (SSSR count). The number of unbranched alkanes of at least 4 members (excludes halogenated alkanes) is 4. The maximum Gasteiger partial charge on any atom is 0.00104 e. The average Bonchev–Trinajstić information content (AvgIpc) is 2.21. The Bertz CT molecular complexity index is 165. The smallest absolute Gasteiger partial charge is 0.00104 e. The summed E-state index contributed by atoms with van der Waals surface area (Å²) >= 11 is 0. The molecule has 0 aromatic rings. The van der Waals surface area contributed by atoms with Gasteiger partial charge in [-0.05, 0) is 31.2 Å². The van der Waals surface area contributed by atoms with Crippen molar-refractivity contribution in [3.05, 3.63) is 0 Å². The molecule has 0 aliphatic heterocycles. The molecule has 1 aliphatic rings. The van der Waals surface area contributed by atoms with Gasteiger partial charge < -0.3 is 5.32 Å². The van der Waals surface area contributed by atoms with E-state index in [1.54, 1.807) is 0 Å². The minimum Gasteiger partial charge on any atom is -0.314 e. The molecule has 1 fully saturated rings. The maximum atomic E-state index is 3.59. The molecule has 0 bridgehead atoms. The zero-order valence-corrected chi connectivity index (χ0v) is 11.6. The van der Waals surface area contributed by atoms with Crippen molar-refractivity contribution in [2.24, 2.45) is 11.8 Å². The second kappa shape index (κ2) is 8.11. The molecule has 1 heteroatoms. The van der Waals surface area contributed by atoms with Crippen LogP contribution < -0.4 is 5.32 Å². The first-order chi connectivity index (χ1) is 7.74.